The lowest BCUT2D eigenvalue weighted by Gasteiger charge is -2.35. The molecule has 0 saturated carbocycles. The van der Waals surface area contributed by atoms with Crippen molar-refractivity contribution in [2.45, 2.75) is 37.8 Å². The van der Waals surface area contributed by atoms with Gasteiger partial charge in [0.05, 0.1) is 5.75 Å². The van der Waals surface area contributed by atoms with E-state index in [-0.39, 0.29) is 19.1 Å². The predicted molar refractivity (Wildman–Crippen MR) is 132 cm³/mol. The summed E-state index contributed by atoms with van der Waals surface area (Å²) < 4.78 is 25.9. The molecule has 2 unspecified atom stereocenters. The number of amides is 1. The molecule has 0 aliphatic carbocycles. The van der Waals surface area contributed by atoms with Crippen LogP contribution in [0.1, 0.15) is 36.0 Å². The van der Waals surface area contributed by atoms with Gasteiger partial charge >= 0.3 is 5.97 Å². The van der Waals surface area contributed by atoms with E-state index in [1.807, 2.05) is 16.9 Å². The third kappa shape index (κ3) is 8.37. The number of nitrogens with one attached hydrogen (secondary N) is 4. The summed E-state index contributed by atoms with van der Waals surface area (Å²) >= 11 is 0. The second kappa shape index (κ2) is 12.7. The summed E-state index contributed by atoms with van der Waals surface area (Å²) in [5, 5.41) is 27.3. The molecule has 35 heavy (non-hydrogen) atoms. The minimum Gasteiger partial charge on any atom is -0.480 e. The number of benzene rings is 1. The van der Waals surface area contributed by atoms with Gasteiger partial charge in [0, 0.05) is 56.6 Å². The normalized spacial score (nSPS) is 19.3. The van der Waals surface area contributed by atoms with Crippen molar-refractivity contribution >= 4 is 33.5 Å². The summed E-state index contributed by atoms with van der Waals surface area (Å²) in [6.07, 6.45) is 3.10. The first kappa shape index (κ1) is 26.7. The van der Waals surface area contributed by atoms with E-state index in [1.165, 1.54) is 0 Å². The van der Waals surface area contributed by atoms with Crippen LogP contribution in [0.2, 0.25) is 0 Å². The van der Waals surface area contributed by atoms with E-state index >= 15 is 0 Å². The number of aliphatic hydroxyl groups is 1. The third-order valence-corrected chi connectivity index (χ3v) is 7.28. The molecule has 2 atom stereocenters. The first-order valence-corrected chi connectivity index (χ1v) is 13.4. The Labute approximate surface area is 205 Å². The molecule has 194 valence electrons. The number of nitrogens with zero attached hydrogens (tertiary/aromatic N) is 2. The molecule has 1 amide bonds. The molecule has 12 nitrogen and oxygen atoms in total. The number of carboxylic acids is 1. The van der Waals surface area contributed by atoms with Crippen molar-refractivity contribution in [1.29, 1.82) is 0 Å². The monoisotopic (exact) mass is 510 g/mol. The molecular weight excluding hydrogens is 476 g/mol. The van der Waals surface area contributed by atoms with Crippen LogP contribution in [0, 0.1) is 0 Å². The predicted octanol–water partition coefficient (Wildman–Crippen LogP) is -0.921. The summed E-state index contributed by atoms with van der Waals surface area (Å²) in [7, 11) is -3.90. The minimum absolute atomic E-state index is 0.0140. The fourth-order valence-electron chi connectivity index (χ4n) is 3.98. The van der Waals surface area contributed by atoms with Crippen molar-refractivity contribution in [3.05, 3.63) is 29.8 Å². The molecule has 1 saturated heterocycles. The lowest BCUT2D eigenvalue weighted by Crippen LogP contribution is -2.52. The number of sulfonamides is 1. The van der Waals surface area contributed by atoms with Crippen LogP contribution >= 0.6 is 0 Å². The highest BCUT2D eigenvalue weighted by atomic mass is 32.2. The molecule has 2 aliphatic heterocycles. The highest BCUT2D eigenvalue weighted by molar-refractivity contribution is 7.89. The van der Waals surface area contributed by atoms with Crippen molar-refractivity contribution in [3.8, 4) is 0 Å². The van der Waals surface area contributed by atoms with E-state index < -0.39 is 40.2 Å². The number of guanidine groups is 1. The Hall–Kier alpha value is -2.90. The SMILES string of the molecule is O=C(NCC(NS(=O)(=O)CCCO)C(=O)O)c1ccc(N2CCCC(NC3=NCCCN3)C2)cc1. The second-order valence-corrected chi connectivity index (χ2v) is 10.5. The standard InChI is InChI=1S/C22H34N6O6S/c29-12-3-13-35(33,34)27-19(21(31)32)14-25-20(30)16-5-7-18(8-6-16)28-11-1-4-17(15-28)26-22-23-9-2-10-24-22/h5-8,17,19,27,29H,1-4,9-15H2,(H,25,30)(H,31,32)(H2,23,24,26). The highest BCUT2D eigenvalue weighted by Gasteiger charge is 2.25. The van der Waals surface area contributed by atoms with Crippen molar-refractivity contribution in [2.75, 3.05) is 50.0 Å². The van der Waals surface area contributed by atoms with E-state index in [4.69, 9.17) is 5.11 Å². The van der Waals surface area contributed by atoms with Gasteiger partial charge in [-0.05, 0) is 49.9 Å². The van der Waals surface area contributed by atoms with E-state index in [0.29, 0.717) is 5.56 Å². The first-order chi connectivity index (χ1) is 16.8. The summed E-state index contributed by atoms with van der Waals surface area (Å²) in [5.74, 6) is -1.46. The highest BCUT2D eigenvalue weighted by Crippen LogP contribution is 2.21. The zero-order valence-electron chi connectivity index (χ0n) is 19.6. The Morgan fingerprint density at radius 1 is 1.23 bits per heavy atom. The maximum Gasteiger partial charge on any atom is 0.323 e. The molecule has 0 spiro atoms. The van der Waals surface area contributed by atoms with Crippen LogP contribution in [0.4, 0.5) is 5.69 Å². The van der Waals surface area contributed by atoms with Crippen LogP contribution < -0.4 is 25.6 Å². The van der Waals surface area contributed by atoms with Crippen LogP contribution in [-0.2, 0) is 14.8 Å². The molecule has 0 aromatic heterocycles. The lowest BCUT2D eigenvalue weighted by molar-refractivity contribution is -0.138. The zero-order chi connectivity index (χ0) is 25.3. The smallest absolute Gasteiger partial charge is 0.323 e. The number of piperidine rings is 1. The van der Waals surface area contributed by atoms with Gasteiger partial charge in [0.25, 0.3) is 5.91 Å². The van der Waals surface area contributed by atoms with Crippen LogP contribution in [0.5, 0.6) is 0 Å². The Morgan fingerprint density at radius 3 is 2.66 bits per heavy atom. The number of aliphatic imine (C=N–C) groups is 1. The number of hydrogen-bond acceptors (Lipinski definition) is 9. The van der Waals surface area contributed by atoms with Crippen LogP contribution in [-0.4, -0.2) is 93.6 Å². The fourth-order valence-corrected chi connectivity index (χ4v) is 5.23. The number of anilines is 1. The molecule has 0 bridgehead atoms. The van der Waals surface area contributed by atoms with Gasteiger partial charge in [0.15, 0.2) is 5.96 Å². The number of aliphatic carboxylic acids is 1. The van der Waals surface area contributed by atoms with E-state index in [0.717, 1.165) is 57.1 Å². The van der Waals surface area contributed by atoms with E-state index in [9.17, 15) is 23.1 Å². The summed E-state index contributed by atoms with van der Waals surface area (Å²) in [6.45, 7) is 2.73. The quantitative estimate of drug-likeness (QED) is 0.220. The largest absolute Gasteiger partial charge is 0.480 e. The van der Waals surface area contributed by atoms with Crippen molar-refractivity contribution in [1.82, 2.24) is 20.7 Å². The second-order valence-electron chi connectivity index (χ2n) is 8.60. The number of hydrogen-bond donors (Lipinski definition) is 6. The van der Waals surface area contributed by atoms with Crippen LogP contribution in [0.25, 0.3) is 0 Å². The molecule has 0 radical (unpaired) electrons. The van der Waals surface area contributed by atoms with Crippen LogP contribution in [0.3, 0.4) is 0 Å². The topological polar surface area (TPSA) is 172 Å². The lowest BCUT2D eigenvalue weighted by atomic mass is 10.0. The van der Waals surface area contributed by atoms with Crippen molar-refractivity contribution < 1.29 is 28.2 Å². The van der Waals surface area contributed by atoms with E-state index in [1.54, 1.807) is 12.1 Å². The minimum atomic E-state index is -3.90. The van der Waals surface area contributed by atoms with Gasteiger partial charge in [0.2, 0.25) is 10.0 Å². The molecule has 2 heterocycles. The van der Waals surface area contributed by atoms with Gasteiger partial charge < -0.3 is 31.1 Å². The van der Waals surface area contributed by atoms with Gasteiger partial charge in [-0.3, -0.25) is 14.6 Å². The molecule has 2 aliphatic rings. The molecule has 6 N–H and O–H groups in total. The third-order valence-electron chi connectivity index (χ3n) is 5.81. The summed E-state index contributed by atoms with van der Waals surface area (Å²) in [5.41, 5.74) is 1.32. The van der Waals surface area contributed by atoms with Gasteiger partial charge in [-0.25, -0.2) is 8.42 Å². The van der Waals surface area contributed by atoms with Gasteiger partial charge in [-0.15, -0.1) is 0 Å². The number of carboxylic acid groups (broad SMARTS) is 1. The van der Waals surface area contributed by atoms with Crippen molar-refractivity contribution in [2.24, 2.45) is 4.99 Å². The Bertz CT molecular complexity index is 1000. The molecule has 3 rings (SSSR count). The Balaban J connectivity index is 1.53. The molecular formula is C22H34N6O6S. The summed E-state index contributed by atoms with van der Waals surface area (Å²) in [4.78, 5) is 30.7. The number of carbonyl (C=O) groups excluding carboxylic acids is 1. The summed E-state index contributed by atoms with van der Waals surface area (Å²) in [6, 6.07) is 5.78. The Kier molecular flexibility index (Phi) is 9.69. The molecule has 1 aromatic carbocycles. The molecule has 13 heteroatoms. The maximum atomic E-state index is 12.5. The molecule has 1 aromatic rings. The number of carbonyl (C=O) groups is 2. The maximum absolute atomic E-state index is 12.5. The number of aliphatic hydroxyl groups excluding tert-OH is 1. The van der Waals surface area contributed by atoms with Crippen molar-refractivity contribution in [3.63, 3.8) is 0 Å². The van der Waals surface area contributed by atoms with E-state index in [2.05, 4.69) is 25.8 Å². The first-order valence-electron chi connectivity index (χ1n) is 11.8. The van der Waals surface area contributed by atoms with Gasteiger partial charge in [0.1, 0.15) is 6.04 Å². The fraction of sp³-hybridized carbons (Fsp3) is 0.591. The van der Waals surface area contributed by atoms with Crippen LogP contribution in [0.15, 0.2) is 29.3 Å². The number of rotatable bonds is 11. The van der Waals surface area contributed by atoms with Gasteiger partial charge in [-0.1, -0.05) is 0 Å². The average molecular weight is 511 g/mol. The zero-order valence-corrected chi connectivity index (χ0v) is 20.4. The molecule has 1 fully saturated rings. The Morgan fingerprint density at radius 2 is 2.00 bits per heavy atom. The van der Waals surface area contributed by atoms with Gasteiger partial charge in [-0.2, -0.15) is 4.72 Å². The average Bonchev–Trinajstić information content (AvgIpc) is 2.86.